The topological polar surface area (TPSA) is 74.0 Å². The zero-order valence-electron chi connectivity index (χ0n) is 17.0. The molecule has 0 aliphatic carbocycles. The van der Waals surface area contributed by atoms with Crippen molar-refractivity contribution < 1.29 is 4.79 Å². The molecule has 3 heterocycles. The van der Waals surface area contributed by atoms with E-state index in [1.807, 2.05) is 29.8 Å². The minimum Gasteiger partial charge on any atom is -0.363 e. The molecule has 1 aliphatic heterocycles. The van der Waals surface area contributed by atoms with Crippen LogP contribution in [0.15, 0.2) is 54.0 Å². The van der Waals surface area contributed by atoms with E-state index >= 15 is 0 Å². The van der Waals surface area contributed by atoms with Crippen LogP contribution in [0.25, 0.3) is 0 Å². The molecular formula is C23H25N5OS. The van der Waals surface area contributed by atoms with Gasteiger partial charge in [-0.05, 0) is 50.5 Å². The molecule has 1 saturated heterocycles. The summed E-state index contributed by atoms with van der Waals surface area (Å²) in [7, 11) is 0. The second kappa shape index (κ2) is 9.14. The molecule has 0 saturated carbocycles. The van der Waals surface area contributed by atoms with Gasteiger partial charge >= 0.3 is 0 Å². The lowest BCUT2D eigenvalue weighted by atomic mass is 10.1. The van der Waals surface area contributed by atoms with E-state index in [1.165, 1.54) is 17.0 Å². The van der Waals surface area contributed by atoms with Crippen LogP contribution in [0, 0.1) is 11.3 Å². The Bertz CT molecular complexity index is 1040. The Morgan fingerprint density at radius 2 is 2.17 bits per heavy atom. The van der Waals surface area contributed by atoms with Crippen molar-refractivity contribution in [1.82, 2.24) is 9.55 Å². The van der Waals surface area contributed by atoms with Gasteiger partial charge in [-0.2, -0.15) is 5.26 Å². The Hall–Kier alpha value is -3.11. The lowest BCUT2D eigenvalue weighted by molar-refractivity contribution is 0.101. The standard InChI is InChI=1S/C23H25N5OS/c1-17(8-5-13-24)27-14-7-12-21(27)22(29)26-23-25-19(16-30-23)20-11-6-15-28(20)18-9-3-2-4-10-18/h2-4,7,9-10,12,14,16-17,20H,5-6,8,11,15H2,1H3,(H,25,26,29). The van der Waals surface area contributed by atoms with Crippen LogP contribution in [0.4, 0.5) is 10.8 Å². The van der Waals surface area contributed by atoms with Crippen molar-refractivity contribution >= 4 is 28.1 Å². The molecule has 2 atom stereocenters. The van der Waals surface area contributed by atoms with Gasteiger partial charge in [0.15, 0.2) is 5.13 Å². The highest BCUT2D eigenvalue weighted by atomic mass is 32.1. The van der Waals surface area contributed by atoms with Crippen LogP contribution in [-0.2, 0) is 0 Å². The number of nitrogens with one attached hydrogen (secondary N) is 1. The number of para-hydroxylation sites is 1. The van der Waals surface area contributed by atoms with Gasteiger partial charge < -0.3 is 9.47 Å². The van der Waals surface area contributed by atoms with Gasteiger partial charge in [0.05, 0.1) is 17.8 Å². The number of carbonyl (C=O) groups is 1. The predicted octanol–water partition coefficient (Wildman–Crippen LogP) is 5.40. The van der Waals surface area contributed by atoms with Crippen LogP contribution in [-0.4, -0.2) is 22.0 Å². The summed E-state index contributed by atoms with van der Waals surface area (Å²) in [6.45, 7) is 3.04. The number of nitriles is 1. The monoisotopic (exact) mass is 419 g/mol. The molecule has 7 heteroatoms. The van der Waals surface area contributed by atoms with E-state index in [-0.39, 0.29) is 18.0 Å². The third-order valence-corrected chi connectivity index (χ3v) is 6.36. The summed E-state index contributed by atoms with van der Waals surface area (Å²) in [5.41, 5.74) is 2.81. The molecule has 1 amide bonds. The van der Waals surface area contributed by atoms with Crippen molar-refractivity contribution in [2.45, 2.75) is 44.7 Å². The fourth-order valence-electron chi connectivity index (χ4n) is 4.04. The van der Waals surface area contributed by atoms with Crippen LogP contribution in [0.1, 0.15) is 60.9 Å². The summed E-state index contributed by atoms with van der Waals surface area (Å²) in [6, 6.07) is 16.6. The lowest BCUT2D eigenvalue weighted by Crippen LogP contribution is -2.23. The molecule has 30 heavy (non-hydrogen) atoms. The molecular weight excluding hydrogens is 394 g/mol. The van der Waals surface area contributed by atoms with E-state index in [0.717, 1.165) is 25.1 Å². The third kappa shape index (κ3) is 4.24. The van der Waals surface area contributed by atoms with Crippen LogP contribution >= 0.6 is 11.3 Å². The summed E-state index contributed by atoms with van der Waals surface area (Å²) < 4.78 is 1.93. The normalized spacial score (nSPS) is 16.9. The van der Waals surface area contributed by atoms with Crippen LogP contribution < -0.4 is 10.2 Å². The Labute approximate surface area is 180 Å². The van der Waals surface area contributed by atoms with Crippen molar-refractivity contribution in [3.8, 4) is 6.07 Å². The lowest BCUT2D eigenvalue weighted by Gasteiger charge is -2.25. The maximum absolute atomic E-state index is 12.8. The van der Waals surface area contributed by atoms with Gasteiger partial charge in [0.2, 0.25) is 0 Å². The van der Waals surface area contributed by atoms with Crippen molar-refractivity contribution in [2.24, 2.45) is 0 Å². The van der Waals surface area contributed by atoms with Gasteiger partial charge in [0, 0.05) is 36.3 Å². The fraction of sp³-hybridized carbons (Fsp3) is 0.348. The second-order valence-electron chi connectivity index (χ2n) is 7.57. The van der Waals surface area contributed by atoms with Crippen molar-refractivity contribution in [3.05, 3.63) is 65.4 Å². The summed E-state index contributed by atoms with van der Waals surface area (Å²) in [5.74, 6) is -0.170. The average Bonchev–Trinajstić information content (AvgIpc) is 3.52. The third-order valence-electron chi connectivity index (χ3n) is 5.58. The van der Waals surface area contributed by atoms with Crippen molar-refractivity contribution in [1.29, 1.82) is 5.26 Å². The zero-order chi connectivity index (χ0) is 20.9. The molecule has 2 unspecified atom stereocenters. The summed E-state index contributed by atoms with van der Waals surface area (Å²) in [6.07, 6.45) is 5.26. The SMILES string of the molecule is CC(CCC#N)n1cccc1C(=O)Nc1nc(C2CCCN2c2ccccc2)cs1. The highest BCUT2D eigenvalue weighted by Crippen LogP contribution is 2.37. The highest BCUT2D eigenvalue weighted by molar-refractivity contribution is 7.14. The molecule has 0 spiro atoms. The van der Waals surface area contributed by atoms with E-state index < -0.39 is 0 Å². The molecule has 0 radical (unpaired) electrons. The number of benzene rings is 1. The first-order valence-corrected chi connectivity index (χ1v) is 11.2. The zero-order valence-corrected chi connectivity index (χ0v) is 17.8. The molecule has 2 aromatic heterocycles. The number of thiazole rings is 1. The van der Waals surface area contributed by atoms with Gasteiger partial charge in [0.1, 0.15) is 5.69 Å². The smallest absolute Gasteiger partial charge is 0.274 e. The highest BCUT2D eigenvalue weighted by Gasteiger charge is 2.28. The Kier molecular flexibility index (Phi) is 6.15. The first-order valence-electron chi connectivity index (χ1n) is 10.3. The molecule has 3 aromatic rings. The van der Waals surface area contributed by atoms with E-state index in [9.17, 15) is 4.79 Å². The van der Waals surface area contributed by atoms with Crippen molar-refractivity contribution in [3.63, 3.8) is 0 Å². The minimum absolute atomic E-state index is 0.0881. The molecule has 154 valence electrons. The number of aromatic nitrogens is 2. The number of nitrogens with zero attached hydrogens (tertiary/aromatic N) is 4. The Balaban J connectivity index is 1.46. The Morgan fingerprint density at radius 1 is 1.33 bits per heavy atom. The number of rotatable bonds is 7. The largest absolute Gasteiger partial charge is 0.363 e. The van der Waals surface area contributed by atoms with Crippen molar-refractivity contribution in [2.75, 3.05) is 16.8 Å². The van der Waals surface area contributed by atoms with E-state index in [0.29, 0.717) is 23.7 Å². The molecule has 6 nitrogen and oxygen atoms in total. The number of amides is 1. The van der Waals surface area contributed by atoms with Gasteiger partial charge in [0.25, 0.3) is 5.91 Å². The first-order chi connectivity index (χ1) is 14.7. The number of anilines is 2. The van der Waals surface area contributed by atoms with E-state index in [4.69, 9.17) is 10.2 Å². The molecule has 4 rings (SSSR count). The van der Waals surface area contributed by atoms with Crippen LogP contribution in [0.3, 0.4) is 0 Å². The van der Waals surface area contributed by atoms with Crippen LogP contribution in [0.5, 0.6) is 0 Å². The summed E-state index contributed by atoms with van der Waals surface area (Å²) >= 11 is 1.47. The van der Waals surface area contributed by atoms with Gasteiger partial charge in [-0.15, -0.1) is 11.3 Å². The van der Waals surface area contributed by atoms with E-state index in [2.05, 4.69) is 45.9 Å². The average molecular weight is 420 g/mol. The van der Waals surface area contributed by atoms with E-state index in [1.54, 1.807) is 6.07 Å². The summed E-state index contributed by atoms with van der Waals surface area (Å²) in [4.78, 5) is 20.0. The maximum atomic E-state index is 12.8. The van der Waals surface area contributed by atoms with Gasteiger partial charge in [-0.1, -0.05) is 18.2 Å². The minimum atomic E-state index is -0.170. The first kappa shape index (κ1) is 20.2. The maximum Gasteiger partial charge on any atom is 0.274 e. The molecule has 1 aliphatic rings. The van der Waals surface area contributed by atoms with Gasteiger partial charge in [-0.25, -0.2) is 4.98 Å². The molecule has 1 N–H and O–H groups in total. The fourth-order valence-corrected chi connectivity index (χ4v) is 4.80. The molecule has 1 fully saturated rings. The second-order valence-corrected chi connectivity index (χ2v) is 8.42. The van der Waals surface area contributed by atoms with Gasteiger partial charge in [-0.3, -0.25) is 10.1 Å². The van der Waals surface area contributed by atoms with Crippen LogP contribution in [0.2, 0.25) is 0 Å². The summed E-state index contributed by atoms with van der Waals surface area (Å²) in [5, 5.41) is 14.4. The number of hydrogen-bond donors (Lipinski definition) is 1. The number of carbonyl (C=O) groups excluding carboxylic acids is 1. The predicted molar refractivity (Wildman–Crippen MR) is 120 cm³/mol. The molecule has 0 bridgehead atoms. The number of hydrogen-bond acceptors (Lipinski definition) is 5. The Morgan fingerprint density at radius 3 is 2.97 bits per heavy atom. The molecule has 1 aromatic carbocycles. The quantitative estimate of drug-likeness (QED) is 0.556.